The predicted octanol–water partition coefficient (Wildman–Crippen LogP) is 3.43. The van der Waals surface area contributed by atoms with Crippen LogP contribution in [0.4, 0.5) is 8.78 Å². The first-order valence-corrected chi connectivity index (χ1v) is 5.83. The van der Waals surface area contributed by atoms with Crippen molar-refractivity contribution in [1.82, 2.24) is 0 Å². The molecule has 2 aromatic carbocycles. The summed E-state index contributed by atoms with van der Waals surface area (Å²) in [5.74, 6) is -3.98. The molecule has 96 valence electrons. The topological polar surface area (TPSA) is 37.3 Å². The number of aliphatic carboxylic acids is 1. The first-order valence-electron chi connectivity index (χ1n) is 5.83. The van der Waals surface area contributed by atoms with Crippen molar-refractivity contribution < 1.29 is 18.7 Å². The highest BCUT2D eigenvalue weighted by Crippen LogP contribution is 2.50. The Kier molecular flexibility index (Phi) is 2.42. The van der Waals surface area contributed by atoms with Gasteiger partial charge in [-0.05, 0) is 16.7 Å². The lowest BCUT2D eigenvalue weighted by Crippen LogP contribution is -2.10. The predicted molar refractivity (Wildman–Crippen MR) is 66.2 cm³/mol. The zero-order valence-electron chi connectivity index (χ0n) is 9.86. The number of carboxylic acids is 1. The molecular weight excluding hydrogens is 250 g/mol. The van der Waals surface area contributed by atoms with Crippen molar-refractivity contribution in [2.45, 2.75) is 12.3 Å². The molecule has 2 aromatic rings. The van der Waals surface area contributed by atoms with Crippen molar-refractivity contribution in [2.75, 3.05) is 0 Å². The Morgan fingerprint density at radius 3 is 2.47 bits per heavy atom. The van der Waals surface area contributed by atoms with E-state index in [0.717, 1.165) is 0 Å². The molecule has 0 aliphatic heterocycles. The van der Waals surface area contributed by atoms with Crippen LogP contribution >= 0.6 is 0 Å². The fourth-order valence-corrected chi connectivity index (χ4v) is 2.51. The quantitative estimate of drug-likeness (QED) is 0.898. The lowest BCUT2D eigenvalue weighted by molar-refractivity contribution is -0.136. The molecule has 2 nitrogen and oxygen atoms in total. The molecule has 0 radical (unpaired) electrons. The summed E-state index contributed by atoms with van der Waals surface area (Å²) >= 11 is 0. The monoisotopic (exact) mass is 260 g/mol. The first kappa shape index (κ1) is 11.8. The molecule has 0 unspecified atom stereocenters. The highest BCUT2D eigenvalue weighted by atomic mass is 19.3. The van der Waals surface area contributed by atoms with Gasteiger partial charge in [-0.15, -0.1) is 0 Å². The lowest BCUT2D eigenvalue weighted by atomic mass is 10.0. The van der Waals surface area contributed by atoms with Crippen molar-refractivity contribution in [3.05, 3.63) is 59.2 Å². The fourth-order valence-electron chi connectivity index (χ4n) is 2.51. The minimum absolute atomic E-state index is 0.0162. The molecule has 0 aromatic heterocycles. The van der Waals surface area contributed by atoms with Crippen molar-refractivity contribution in [1.29, 1.82) is 0 Å². The van der Waals surface area contributed by atoms with E-state index in [1.54, 1.807) is 24.3 Å². The van der Waals surface area contributed by atoms with Crippen LogP contribution in [0.3, 0.4) is 0 Å². The van der Waals surface area contributed by atoms with E-state index >= 15 is 0 Å². The van der Waals surface area contributed by atoms with Gasteiger partial charge in [-0.3, -0.25) is 4.79 Å². The van der Waals surface area contributed by atoms with Crippen LogP contribution in [0.1, 0.15) is 16.7 Å². The largest absolute Gasteiger partial charge is 0.481 e. The minimum Gasteiger partial charge on any atom is -0.481 e. The number of benzene rings is 2. The van der Waals surface area contributed by atoms with Crippen molar-refractivity contribution >= 4 is 5.97 Å². The van der Waals surface area contributed by atoms with Crippen LogP contribution in [-0.4, -0.2) is 11.1 Å². The molecule has 0 bridgehead atoms. The van der Waals surface area contributed by atoms with Crippen LogP contribution < -0.4 is 0 Å². The molecular formula is C15H10F2O2. The van der Waals surface area contributed by atoms with Gasteiger partial charge in [0.1, 0.15) is 0 Å². The van der Waals surface area contributed by atoms with Gasteiger partial charge in [0.05, 0.1) is 6.42 Å². The molecule has 1 aliphatic carbocycles. The molecule has 0 amide bonds. The Balaban J connectivity index is 2.20. The summed E-state index contributed by atoms with van der Waals surface area (Å²) in [5, 5.41) is 8.77. The lowest BCUT2D eigenvalue weighted by Gasteiger charge is -2.11. The molecule has 0 fully saturated rings. The van der Waals surface area contributed by atoms with E-state index in [1.807, 2.05) is 0 Å². The van der Waals surface area contributed by atoms with E-state index in [2.05, 4.69) is 0 Å². The minimum atomic E-state index is -3.01. The van der Waals surface area contributed by atoms with Gasteiger partial charge in [0, 0.05) is 11.1 Å². The van der Waals surface area contributed by atoms with Gasteiger partial charge in [-0.2, -0.15) is 8.78 Å². The van der Waals surface area contributed by atoms with E-state index in [1.165, 1.54) is 18.2 Å². The second kappa shape index (κ2) is 3.88. The molecule has 0 saturated heterocycles. The zero-order valence-corrected chi connectivity index (χ0v) is 9.86. The third-order valence-electron chi connectivity index (χ3n) is 3.33. The normalized spacial score (nSPS) is 14.8. The molecule has 3 rings (SSSR count). The Hall–Kier alpha value is -2.23. The van der Waals surface area contributed by atoms with Crippen LogP contribution in [0, 0.1) is 0 Å². The Morgan fingerprint density at radius 1 is 1.05 bits per heavy atom. The number of rotatable bonds is 2. The van der Waals surface area contributed by atoms with E-state index in [-0.39, 0.29) is 17.5 Å². The van der Waals surface area contributed by atoms with Gasteiger partial charge in [0.2, 0.25) is 0 Å². The Morgan fingerprint density at radius 2 is 1.74 bits per heavy atom. The van der Waals surface area contributed by atoms with Crippen molar-refractivity contribution in [3.63, 3.8) is 0 Å². The van der Waals surface area contributed by atoms with E-state index < -0.39 is 11.9 Å². The SMILES string of the molecule is O=C(O)Cc1ccc2c(c1)-c1ccccc1C2(F)F. The fraction of sp³-hybridized carbons (Fsp3) is 0.133. The van der Waals surface area contributed by atoms with Gasteiger partial charge in [-0.1, -0.05) is 42.5 Å². The molecule has 0 atom stereocenters. The second-order valence-electron chi connectivity index (χ2n) is 4.57. The molecule has 1 aliphatic rings. The zero-order chi connectivity index (χ0) is 13.6. The molecule has 0 spiro atoms. The average Bonchev–Trinajstić information content (AvgIpc) is 2.59. The summed E-state index contributed by atoms with van der Waals surface area (Å²) in [6.45, 7) is 0. The van der Waals surface area contributed by atoms with Crippen molar-refractivity contribution in [2.24, 2.45) is 0 Å². The van der Waals surface area contributed by atoms with E-state index in [4.69, 9.17) is 5.11 Å². The number of halogens is 2. The summed E-state index contributed by atoms with van der Waals surface area (Å²) in [4.78, 5) is 10.7. The van der Waals surface area contributed by atoms with Crippen LogP contribution in [-0.2, 0) is 17.1 Å². The van der Waals surface area contributed by atoms with Crippen LogP contribution in [0.2, 0.25) is 0 Å². The second-order valence-corrected chi connectivity index (χ2v) is 4.57. The maximum absolute atomic E-state index is 14.2. The molecule has 4 heteroatoms. The van der Waals surface area contributed by atoms with E-state index in [9.17, 15) is 13.6 Å². The Labute approximate surface area is 108 Å². The number of carbonyl (C=O) groups is 1. The first-order chi connectivity index (χ1) is 9.00. The smallest absolute Gasteiger partial charge is 0.307 e. The van der Waals surface area contributed by atoms with E-state index in [0.29, 0.717) is 16.7 Å². The number of hydrogen-bond acceptors (Lipinski definition) is 1. The molecule has 0 saturated carbocycles. The summed E-state index contributed by atoms with van der Waals surface area (Å²) in [7, 11) is 0. The van der Waals surface area contributed by atoms with Gasteiger partial charge >= 0.3 is 5.97 Å². The van der Waals surface area contributed by atoms with Crippen LogP contribution in [0.15, 0.2) is 42.5 Å². The number of hydrogen-bond donors (Lipinski definition) is 1. The molecule has 0 heterocycles. The number of alkyl halides is 2. The van der Waals surface area contributed by atoms with Gasteiger partial charge in [0.25, 0.3) is 5.92 Å². The molecule has 19 heavy (non-hydrogen) atoms. The van der Waals surface area contributed by atoms with Crippen LogP contribution in [0.5, 0.6) is 0 Å². The maximum atomic E-state index is 14.2. The summed E-state index contributed by atoms with van der Waals surface area (Å²) in [6.07, 6.45) is -0.166. The third-order valence-corrected chi connectivity index (χ3v) is 3.33. The highest BCUT2D eigenvalue weighted by molar-refractivity contribution is 5.81. The Bertz CT molecular complexity index is 678. The van der Waals surface area contributed by atoms with Crippen molar-refractivity contribution in [3.8, 4) is 11.1 Å². The third kappa shape index (κ3) is 1.71. The van der Waals surface area contributed by atoms with Crippen LogP contribution in [0.25, 0.3) is 11.1 Å². The number of carboxylic acid groups (broad SMARTS) is 1. The number of fused-ring (bicyclic) bond motifs is 3. The standard InChI is InChI=1S/C15H10F2O2/c16-15(17)12-4-2-1-3-10(12)11-7-9(8-14(18)19)5-6-13(11)15/h1-7H,8H2,(H,18,19). The average molecular weight is 260 g/mol. The van der Waals surface area contributed by atoms with Gasteiger partial charge in [0.15, 0.2) is 0 Å². The maximum Gasteiger partial charge on any atom is 0.307 e. The summed E-state index contributed by atoms with van der Waals surface area (Å²) < 4.78 is 28.4. The van der Waals surface area contributed by atoms with Gasteiger partial charge < -0.3 is 5.11 Å². The molecule has 1 N–H and O–H groups in total. The summed E-state index contributed by atoms with van der Waals surface area (Å²) in [5.41, 5.74) is 1.37. The highest BCUT2D eigenvalue weighted by Gasteiger charge is 2.43. The van der Waals surface area contributed by atoms with Gasteiger partial charge in [-0.25, -0.2) is 0 Å². The summed E-state index contributed by atoms with van der Waals surface area (Å²) in [6, 6.07) is 10.7.